The molecule has 0 amide bonds. The summed E-state index contributed by atoms with van der Waals surface area (Å²) in [7, 11) is 0. The Hall–Kier alpha value is -1.12. The van der Waals surface area contributed by atoms with Gasteiger partial charge in [0.25, 0.3) is 0 Å². The Morgan fingerprint density at radius 2 is 1.52 bits per heavy atom. The highest BCUT2D eigenvalue weighted by molar-refractivity contribution is 5.98. The van der Waals surface area contributed by atoms with Crippen LogP contribution in [0.2, 0.25) is 0 Å². The maximum atomic E-state index is 12.1. The molecule has 1 aliphatic rings. The Morgan fingerprint density at radius 1 is 0.913 bits per heavy atom. The molecule has 3 heteroatoms. The molecule has 0 N–H and O–H groups in total. The SMILES string of the molecule is CCCCCCCCC=CC1(CCCCCC)CC(=O)OC1=O. The van der Waals surface area contributed by atoms with E-state index in [4.69, 9.17) is 4.74 Å². The third kappa shape index (κ3) is 7.32. The lowest BCUT2D eigenvalue weighted by molar-refractivity contribution is -0.154. The van der Waals surface area contributed by atoms with Gasteiger partial charge in [0, 0.05) is 0 Å². The first-order chi connectivity index (χ1) is 11.1. The summed E-state index contributed by atoms with van der Waals surface area (Å²) in [5, 5.41) is 0. The number of carbonyl (C=O) groups is 2. The van der Waals surface area contributed by atoms with Gasteiger partial charge in [0.15, 0.2) is 0 Å². The van der Waals surface area contributed by atoms with Crippen molar-refractivity contribution in [2.45, 2.75) is 97.3 Å². The Bertz CT molecular complexity index is 386. The third-order valence-electron chi connectivity index (χ3n) is 4.71. The van der Waals surface area contributed by atoms with Gasteiger partial charge in [0.1, 0.15) is 0 Å². The van der Waals surface area contributed by atoms with E-state index in [2.05, 4.69) is 19.9 Å². The van der Waals surface area contributed by atoms with Crippen LogP contribution in [0.25, 0.3) is 0 Å². The minimum absolute atomic E-state index is 0.227. The van der Waals surface area contributed by atoms with E-state index in [0.29, 0.717) is 0 Å². The second kappa shape index (κ2) is 11.4. The highest BCUT2D eigenvalue weighted by atomic mass is 16.6. The minimum atomic E-state index is -0.674. The van der Waals surface area contributed by atoms with Gasteiger partial charge in [-0.1, -0.05) is 83.8 Å². The quantitative estimate of drug-likeness (QED) is 0.188. The summed E-state index contributed by atoms with van der Waals surface area (Å²) in [5.41, 5.74) is -0.674. The third-order valence-corrected chi connectivity index (χ3v) is 4.71. The monoisotopic (exact) mass is 322 g/mol. The van der Waals surface area contributed by atoms with Crippen molar-refractivity contribution in [3.8, 4) is 0 Å². The van der Waals surface area contributed by atoms with Crippen molar-refractivity contribution in [1.82, 2.24) is 0 Å². The molecule has 1 fully saturated rings. The molecule has 0 bridgehead atoms. The summed E-state index contributed by atoms with van der Waals surface area (Å²) >= 11 is 0. The van der Waals surface area contributed by atoms with Crippen LogP contribution in [0.3, 0.4) is 0 Å². The van der Waals surface area contributed by atoms with Crippen LogP contribution in [-0.4, -0.2) is 11.9 Å². The molecule has 0 spiro atoms. The van der Waals surface area contributed by atoms with Crippen molar-refractivity contribution in [3.05, 3.63) is 12.2 Å². The number of esters is 2. The maximum absolute atomic E-state index is 12.1. The largest absolute Gasteiger partial charge is 0.392 e. The van der Waals surface area contributed by atoms with Crippen LogP contribution in [0.1, 0.15) is 97.3 Å². The van der Waals surface area contributed by atoms with Crippen LogP contribution in [0.5, 0.6) is 0 Å². The predicted octanol–water partition coefficient (Wildman–Crippen LogP) is 5.72. The predicted molar refractivity (Wildman–Crippen MR) is 94.0 cm³/mol. The number of allylic oxidation sites excluding steroid dienone is 1. The van der Waals surface area contributed by atoms with E-state index < -0.39 is 5.41 Å². The molecule has 0 aromatic carbocycles. The molecular weight excluding hydrogens is 288 g/mol. The van der Waals surface area contributed by atoms with Gasteiger partial charge >= 0.3 is 11.9 Å². The van der Waals surface area contributed by atoms with Gasteiger partial charge in [-0.3, -0.25) is 9.59 Å². The zero-order valence-corrected chi connectivity index (χ0v) is 15.1. The molecule has 23 heavy (non-hydrogen) atoms. The number of rotatable bonds is 13. The summed E-state index contributed by atoms with van der Waals surface area (Å²) in [4.78, 5) is 23.6. The van der Waals surface area contributed by atoms with Crippen molar-refractivity contribution in [2.24, 2.45) is 5.41 Å². The Morgan fingerprint density at radius 3 is 2.13 bits per heavy atom. The topological polar surface area (TPSA) is 43.4 Å². The first-order valence-corrected chi connectivity index (χ1v) is 9.57. The molecule has 1 unspecified atom stereocenters. The average molecular weight is 322 g/mol. The van der Waals surface area contributed by atoms with Gasteiger partial charge in [0.05, 0.1) is 11.8 Å². The standard InChI is InChI=1S/C20H34O3/c1-3-5-7-9-10-11-12-14-16-20(15-13-8-6-4-2)17-18(21)23-19(20)22/h14,16H,3-13,15,17H2,1-2H3. The van der Waals surface area contributed by atoms with E-state index in [-0.39, 0.29) is 18.4 Å². The van der Waals surface area contributed by atoms with Gasteiger partial charge in [-0.25, -0.2) is 0 Å². The zero-order valence-electron chi connectivity index (χ0n) is 15.1. The van der Waals surface area contributed by atoms with E-state index >= 15 is 0 Å². The molecule has 0 aromatic rings. The molecule has 0 aliphatic carbocycles. The van der Waals surface area contributed by atoms with Gasteiger partial charge in [-0.2, -0.15) is 0 Å². The van der Waals surface area contributed by atoms with Gasteiger partial charge in [-0.05, 0) is 19.3 Å². The number of ether oxygens (including phenoxy) is 1. The first kappa shape index (κ1) is 19.9. The van der Waals surface area contributed by atoms with E-state index in [0.717, 1.165) is 32.1 Å². The molecular formula is C20H34O3. The molecule has 0 radical (unpaired) electrons. The van der Waals surface area contributed by atoms with Crippen molar-refractivity contribution >= 4 is 11.9 Å². The van der Waals surface area contributed by atoms with Crippen LogP contribution in [0.4, 0.5) is 0 Å². The first-order valence-electron chi connectivity index (χ1n) is 9.57. The minimum Gasteiger partial charge on any atom is -0.392 e. The van der Waals surface area contributed by atoms with Crippen molar-refractivity contribution in [1.29, 1.82) is 0 Å². The van der Waals surface area contributed by atoms with Crippen LogP contribution in [-0.2, 0) is 14.3 Å². The van der Waals surface area contributed by atoms with Crippen LogP contribution in [0.15, 0.2) is 12.2 Å². The second-order valence-corrected chi connectivity index (χ2v) is 6.86. The van der Waals surface area contributed by atoms with Crippen molar-refractivity contribution in [2.75, 3.05) is 0 Å². The number of unbranched alkanes of at least 4 members (excludes halogenated alkanes) is 9. The van der Waals surface area contributed by atoms with E-state index in [1.54, 1.807) is 0 Å². The highest BCUT2D eigenvalue weighted by Crippen LogP contribution is 2.38. The molecule has 1 heterocycles. The zero-order chi connectivity index (χ0) is 17.0. The molecule has 1 saturated heterocycles. The molecule has 0 saturated carbocycles. The number of cyclic esters (lactones) is 2. The summed E-state index contributed by atoms with van der Waals surface area (Å²) < 4.78 is 4.83. The van der Waals surface area contributed by atoms with Crippen LogP contribution in [0, 0.1) is 5.41 Å². The number of hydrogen-bond acceptors (Lipinski definition) is 3. The molecule has 132 valence electrons. The Labute approximate surface area is 141 Å². The van der Waals surface area contributed by atoms with E-state index in [9.17, 15) is 9.59 Å². The van der Waals surface area contributed by atoms with Gasteiger partial charge in [-0.15, -0.1) is 0 Å². The number of carbonyl (C=O) groups excluding carboxylic acids is 2. The van der Waals surface area contributed by atoms with Gasteiger partial charge in [0.2, 0.25) is 0 Å². The fraction of sp³-hybridized carbons (Fsp3) is 0.800. The molecule has 3 nitrogen and oxygen atoms in total. The summed E-state index contributed by atoms with van der Waals surface area (Å²) in [6.07, 6.45) is 18.1. The lowest BCUT2D eigenvalue weighted by atomic mass is 9.80. The van der Waals surface area contributed by atoms with E-state index in [1.807, 2.05) is 6.08 Å². The molecule has 1 atom stereocenters. The number of hydrogen-bond donors (Lipinski definition) is 0. The summed E-state index contributed by atoms with van der Waals surface area (Å²) in [6, 6.07) is 0. The summed E-state index contributed by atoms with van der Waals surface area (Å²) in [6.45, 7) is 4.40. The fourth-order valence-corrected chi connectivity index (χ4v) is 3.19. The van der Waals surface area contributed by atoms with Crippen LogP contribution >= 0.6 is 0 Å². The lowest BCUT2D eigenvalue weighted by Gasteiger charge is -2.19. The van der Waals surface area contributed by atoms with Crippen LogP contribution < -0.4 is 0 Å². The Balaban J connectivity index is 2.39. The second-order valence-electron chi connectivity index (χ2n) is 6.86. The Kier molecular flexibility index (Phi) is 9.89. The molecule has 0 aromatic heterocycles. The maximum Gasteiger partial charge on any atom is 0.324 e. The lowest BCUT2D eigenvalue weighted by Crippen LogP contribution is -2.23. The van der Waals surface area contributed by atoms with Gasteiger partial charge < -0.3 is 4.74 Å². The fourth-order valence-electron chi connectivity index (χ4n) is 3.19. The van der Waals surface area contributed by atoms with Crippen molar-refractivity contribution in [3.63, 3.8) is 0 Å². The normalized spacial score (nSPS) is 21.3. The molecule has 1 rings (SSSR count). The highest BCUT2D eigenvalue weighted by Gasteiger charge is 2.46. The molecule has 1 aliphatic heterocycles. The summed E-state index contributed by atoms with van der Waals surface area (Å²) in [5.74, 6) is -0.701. The smallest absolute Gasteiger partial charge is 0.324 e. The van der Waals surface area contributed by atoms with Crippen molar-refractivity contribution < 1.29 is 14.3 Å². The average Bonchev–Trinajstić information content (AvgIpc) is 2.81. The van der Waals surface area contributed by atoms with E-state index in [1.165, 1.54) is 44.9 Å².